The molecule has 3 rings (SSSR count). The van der Waals surface area contributed by atoms with E-state index in [4.69, 9.17) is 11.6 Å². The molecule has 3 nitrogen and oxygen atoms in total. The van der Waals surface area contributed by atoms with Gasteiger partial charge in [-0.2, -0.15) is 0 Å². The Hall–Kier alpha value is -1.06. The van der Waals surface area contributed by atoms with Crippen LogP contribution in [0.1, 0.15) is 44.8 Å². The van der Waals surface area contributed by atoms with Gasteiger partial charge in [0.05, 0.1) is 6.04 Å². The lowest BCUT2D eigenvalue weighted by Gasteiger charge is -2.27. The molecule has 114 valence electrons. The number of carbonyl (C=O) groups is 1. The molecule has 0 aromatic heterocycles. The minimum Gasteiger partial charge on any atom is -0.321 e. The summed E-state index contributed by atoms with van der Waals surface area (Å²) in [6, 6.07) is 7.76. The zero-order valence-electron chi connectivity index (χ0n) is 12.7. The summed E-state index contributed by atoms with van der Waals surface area (Å²) in [5, 5.41) is 4.20. The molecule has 4 heteroatoms. The lowest BCUT2D eigenvalue weighted by molar-refractivity contribution is -0.130. The predicted molar refractivity (Wildman–Crippen MR) is 85.0 cm³/mol. The van der Waals surface area contributed by atoms with Crippen LogP contribution < -0.4 is 5.32 Å². The van der Waals surface area contributed by atoms with E-state index < -0.39 is 0 Å². The topological polar surface area (TPSA) is 32.3 Å². The van der Waals surface area contributed by atoms with E-state index in [0.29, 0.717) is 5.92 Å². The summed E-state index contributed by atoms with van der Waals surface area (Å²) < 4.78 is 0. The monoisotopic (exact) mass is 306 g/mol. The highest BCUT2D eigenvalue weighted by Crippen LogP contribution is 2.38. The first-order chi connectivity index (χ1) is 10.1. The zero-order chi connectivity index (χ0) is 15.0. The van der Waals surface area contributed by atoms with E-state index in [9.17, 15) is 4.79 Å². The standard InChI is InChI=1S/C17H23ClN2O/c1-3-15-17(21)20(10-11(2)12-4-5-12)16(19-15)13-6-8-14(18)9-7-13/h6-9,11-12,15-16,19H,3-5,10H2,1-2H3. The number of nitrogens with zero attached hydrogens (tertiary/aromatic N) is 1. The van der Waals surface area contributed by atoms with Crippen LogP contribution in [-0.4, -0.2) is 23.4 Å². The minimum atomic E-state index is -0.0583. The molecule has 3 unspecified atom stereocenters. The summed E-state index contributed by atoms with van der Waals surface area (Å²) in [4.78, 5) is 14.6. The second-order valence-electron chi connectivity index (χ2n) is 6.39. The molecule has 0 spiro atoms. The van der Waals surface area contributed by atoms with E-state index >= 15 is 0 Å². The van der Waals surface area contributed by atoms with Crippen molar-refractivity contribution >= 4 is 17.5 Å². The summed E-state index contributed by atoms with van der Waals surface area (Å²) in [7, 11) is 0. The first kappa shape index (κ1) is 14.9. The Morgan fingerprint density at radius 3 is 2.57 bits per heavy atom. The first-order valence-electron chi connectivity index (χ1n) is 7.92. The average molecular weight is 307 g/mol. The van der Waals surface area contributed by atoms with Gasteiger partial charge in [0, 0.05) is 11.6 Å². The van der Waals surface area contributed by atoms with Crippen molar-refractivity contribution in [3.8, 4) is 0 Å². The first-order valence-corrected chi connectivity index (χ1v) is 8.30. The van der Waals surface area contributed by atoms with Crippen molar-refractivity contribution in [1.82, 2.24) is 10.2 Å². The van der Waals surface area contributed by atoms with Gasteiger partial charge < -0.3 is 4.90 Å². The molecule has 1 aromatic carbocycles. The highest BCUT2D eigenvalue weighted by atomic mass is 35.5. The number of amides is 1. The highest BCUT2D eigenvalue weighted by Gasteiger charge is 2.40. The Labute approximate surface area is 131 Å². The zero-order valence-corrected chi connectivity index (χ0v) is 13.4. The Balaban J connectivity index is 1.81. The van der Waals surface area contributed by atoms with E-state index in [1.165, 1.54) is 12.8 Å². The predicted octanol–water partition coefficient (Wildman–Crippen LogP) is 3.60. The molecule has 1 amide bonds. The Morgan fingerprint density at radius 2 is 2.00 bits per heavy atom. The molecule has 2 fully saturated rings. The van der Waals surface area contributed by atoms with Crippen LogP contribution in [0.2, 0.25) is 5.02 Å². The Morgan fingerprint density at radius 1 is 1.33 bits per heavy atom. The summed E-state index contributed by atoms with van der Waals surface area (Å²) in [5.74, 6) is 1.63. The maximum Gasteiger partial charge on any atom is 0.241 e. The molecule has 1 aromatic rings. The van der Waals surface area contributed by atoms with Gasteiger partial charge in [0.25, 0.3) is 0 Å². The third-order valence-electron chi connectivity index (χ3n) is 4.76. The lowest BCUT2D eigenvalue weighted by atomic mass is 10.0. The van der Waals surface area contributed by atoms with Crippen LogP contribution in [0.25, 0.3) is 0 Å². The van der Waals surface area contributed by atoms with Gasteiger partial charge in [-0.25, -0.2) is 0 Å². The summed E-state index contributed by atoms with van der Waals surface area (Å²) >= 11 is 5.97. The number of hydrogen-bond donors (Lipinski definition) is 1. The summed E-state index contributed by atoms with van der Waals surface area (Å²) in [6.07, 6.45) is 3.46. The molecule has 1 saturated carbocycles. The number of nitrogens with one attached hydrogen (secondary N) is 1. The molecule has 3 atom stereocenters. The molecular formula is C17H23ClN2O. The number of hydrogen-bond acceptors (Lipinski definition) is 2. The molecule has 1 aliphatic carbocycles. The Kier molecular flexibility index (Phi) is 4.23. The third-order valence-corrected chi connectivity index (χ3v) is 5.01. The second kappa shape index (κ2) is 5.98. The van der Waals surface area contributed by atoms with E-state index in [1.54, 1.807) is 0 Å². The van der Waals surface area contributed by atoms with Crippen LogP contribution in [0, 0.1) is 11.8 Å². The van der Waals surface area contributed by atoms with Crippen molar-refractivity contribution in [3.63, 3.8) is 0 Å². The van der Waals surface area contributed by atoms with Crippen LogP contribution in [0.3, 0.4) is 0 Å². The second-order valence-corrected chi connectivity index (χ2v) is 6.82. The fourth-order valence-electron chi connectivity index (χ4n) is 3.21. The van der Waals surface area contributed by atoms with E-state index in [2.05, 4.69) is 19.2 Å². The van der Waals surface area contributed by atoms with Gasteiger partial charge in [0.1, 0.15) is 6.17 Å². The fraction of sp³-hybridized carbons (Fsp3) is 0.588. The largest absolute Gasteiger partial charge is 0.321 e. The quantitative estimate of drug-likeness (QED) is 0.901. The third kappa shape index (κ3) is 3.09. The fourth-order valence-corrected chi connectivity index (χ4v) is 3.34. The average Bonchev–Trinajstić information content (AvgIpc) is 3.28. The molecule has 0 bridgehead atoms. The number of carbonyl (C=O) groups excluding carboxylic acids is 1. The number of halogens is 1. The van der Waals surface area contributed by atoms with Crippen molar-refractivity contribution in [2.45, 2.75) is 45.3 Å². The Bertz CT molecular complexity index is 512. The van der Waals surface area contributed by atoms with Crippen LogP contribution in [-0.2, 0) is 4.79 Å². The van der Waals surface area contributed by atoms with Crippen LogP contribution in [0.5, 0.6) is 0 Å². The molecule has 1 heterocycles. The van der Waals surface area contributed by atoms with E-state index in [1.807, 2.05) is 29.2 Å². The van der Waals surface area contributed by atoms with E-state index in [0.717, 1.165) is 29.5 Å². The molecule has 1 saturated heterocycles. The van der Waals surface area contributed by atoms with Gasteiger partial charge in [0.2, 0.25) is 5.91 Å². The van der Waals surface area contributed by atoms with Gasteiger partial charge in [-0.1, -0.05) is 37.6 Å². The number of rotatable bonds is 5. The van der Waals surface area contributed by atoms with Crippen molar-refractivity contribution in [1.29, 1.82) is 0 Å². The molecule has 2 aliphatic rings. The van der Waals surface area contributed by atoms with Crippen molar-refractivity contribution in [2.75, 3.05) is 6.54 Å². The highest BCUT2D eigenvalue weighted by molar-refractivity contribution is 6.30. The van der Waals surface area contributed by atoms with Crippen LogP contribution in [0.15, 0.2) is 24.3 Å². The van der Waals surface area contributed by atoms with Gasteiger partial charge in [-0.15, -0.1) is 0 Å². The SMILES string of the molecule is CCC1NC(c2ccc(Cl)cc2)N(CC(C)C2CC2)C1=O. The minimum absolute atomic E-state index is 0.0130. The summed E-state index contributed by atoms with van der Waals surface area (Å²) in [5.41, 5.74) is 1.12. The van der Waals surface area contributed by atoms with Gasteiger partial charge in [0.15, 0.2) is 0 Å². The van der Waals surface area contributed by atoms with E-state index in [-0.39, 0.29) is 18.1 Å². The number of benzene rings is 1. The molecule has 21 heavy (non-hydrogen) atoms. The molecular weight excluding hydrogens is 284 g/mol. The van der Waals surface area contributed by atoms with Crippen molar-refractivity contribution < 1.29 is 4.79 Å². The lowest BCUT2D eigenvalue weighted by Crippen LogP contribution is -2.35. The van der Waals surface area contributed by atoms with Gasteiger partial charge in [-0.3, -0.25) is 10.1 Å². The van der Waals surface area contributed by atoms with Crippen LogP contribution >= 0.6 is 11.6 Å². The maximum absolute atomic E-state index is 12.6. The maximum atomic E-state index is 12.6. The van der Waals surface area contributed by atoms with Crippen molar-refractivity contribution in [2.24, 2.45) is 11.8 Å². The van der Waals surface area contributed by atoms with Crippen LogP contribution in [0.4, 0.5) is 0 Å². The van der Waals surface area contributed by atoms with Gasteiger partial charge >= 0.3 is 0 Å². The van der Waals surface area contributed by atoms with Gasteiger partial charge in [-0.05, 0) is 48.8 Å². The van der Waals surface area contributed by atoms with Crippen molar-refractivity contribution in [3.05, 3.63) is 34.9 Å². The smallest absolute Gasteiger partial charge is 0.241 e. The summed E-state index contributed by atoms with van der Waals surface area (Å²) in [6.45, 7) is 5.17. The molecule has 0 radical (unpaired) electrons. The molecule has 1 N–H and O–H groups in total. The molecule has 1 aliphatic heterocycles. The normalized spacial score (nSPS) is 27.2.